The molecule has 146 valence electrons. The summed E-state index contributed by atoms with van der Waals surface area (Å²) in [6, 6.07) is 17.5. The van der Waals surface area contributed by atoms with E-state index in [1.165, 1.54) is 29.5 Å². The first-order valence-electron chi connectivity index (χ1n) is 10.4. The van der Waals surface area contributed by atoms with Crippen LogP contribution < -0.4 is 10.6 Å². The average Bonchev–Trinajstić information content (AvgIpc) is 3.16. The van der Waals surface area contributed by atoms with Crippen LogP contribution in [0, 0.1) is 6.92 Å². The van der Waals surface area contributed by atoms with Gasteiger partial charge >= 0.3 is 0 Å². The lowest BCUT2D eigenvalue weighted by atomic mass is 10.0. The van der Waals surface area contributed by atoms with Gasteiger partial charge in [-0.1, -0.05) is 42.0 Å². The Balaban J connectivity index is 1.36. The van der Waals surface area contributed by atoms with E-state index in [1.807, 2.05) is 6.07 Å². The van der Waals surface area contributed by atoms with Crippen LogP contribution in [0.4, 0.5) is 0 Å². The number of aryl methyl sites for hydroxylation is 1. The molecule has 3 aromatic rings. The normalized spacial score (nSPS) is 15.2. The fourth-order valence-corrected chi connectivity index (χ4v) is 3.92. The average molecular weight is 376 g/mol. The third kappa shape index (κ3) is 4.51. The number of carbonyl (C=O) groups is 1. The van der Waals surface area contributed by atoms with Crippen LogP contribution in [-0.4, -0.2) is 36.4 Å². The van der Waals surface area contributed by atoms with Crippen molar-refractivity contribution in [3.05, 3.63) is 59.8 Å². The number of hydrogen-bond donors (Lipinski definition) is 3. The zero-order valence-electron chi connectivity index (χ0n) is 16.6. The van der Waals surface area contributed by atoms with E-state index in [0.717, 1.165) is 42.7 Å². The molecular formula is C24H29N3O. The predicted molar refractivity (Wildman–Crippen MR) is 116 cm³/mol. The maximum absolute atomic E-state index is 12.6. The van der Waals surface area contributed by atoms with E-state index >= 15 is 0 Å². The van der Waals surface area contributed by atoms with Gasteiger partial charge in [-0.15, -0.1) is 0 Å². The summed E-state index contributed by atoms with van der Waals surface area (Å²) in [4.78, 5) is 15.9. The van der Waals surface area contributed by atoms with E-state index in [-0.39, 0.29) is 5.78 Å². The number of piperidine rings is 1. The second-order valence-corrected chi connectivity index (χ2v) is 7.86. The number of aromatic nitrogens is 1. The highest BCUT2D eigenvalue weighted by atomic mass is 16.1. The molecule has 1 aliphatic heterocycles. The minimum absolute atomic E-state index is 0.195. The molecule has 1 aliphatic rings. The van der Waals surface area contributed by atoms with Gasteiger partial charge in [-0.3, -0.25) is 4.79 Å². The third-order valence-electron chi connectivity index (χ3n) is 5.66. The SMILES string of the molecule is Cc1ccc(-c2ccc3cc(C(=O)CCCNC4CCNCC4)[nH]c3c2)cc1. The molecule has 0 radical (unpaired) electrons. The summed E-state index contributed by atoms with van der Waals surface area (Å²) in [6.45, 7) is 5.19. The van der Waals surface area contributed by atoms with Gasteiger partial charge < -0.3 is 15.6 Å². The molecule has 0 aliphatic carbocycles. The van der Waals surface area contributed by atoms with Gasteiger partial charge in [0.25, 0.3) is 0 Å². The number of H-pyrrole nitrogens is 1. The summed E-state index contributed by atoms with van der Waals surface area (Å²) < 4.78 is 0. The van der Waals surface area contributed by atoms with Gasteiger partial charge in [-0.25, -0.2) is 0 Å². The Morgan fingerprint density at radius 1 is 1.04 bits per heavy atom. The molecule has 4 heteroatoms. The van der Waals surface area contributed by atoms with E-state index in [4.69, 9.17) is 0 Å². The van der Waals surface area contributed by atoms with Crippen molar-refractivity contribution in [3.8, 4) is 11.1 Å². The van der Waals surface area contributed by atoms with Gasteiger partial charge in [-0.2, -0.15) is 0 Å². The van der Waals surface area contributed by atoms with Crippen LogP contribution in [0.1, 0.15) is 41.7 Å². The van der Waals surface area contributed by atoms with E-state index in [2.05, 4.69) is 65.0 Å². The number of aromatic amines is 1. The van der Waals surface area contributed by atoms with Gasteiger partial charge in [0.1, 0.15) is 0 Å². The molecule has 0 saturated carbocycles. The molecule has 4 rings (SSSR count). The summed E-state index contributed by atoms with van der Waals surface area (Å²) in [7, 11) is 0. The molecule has 0 atom stereocenters. The molecule has 0 bridgehead atoms. The molecule has 1 saturated heterocycles. The fraction of sp³-hybridized carbons (Fsp3) is 0.375. The number of carbonyl (C=O) groups excluding carboxylic acids is 1. The first kappa shape index (κ1) is 18.9. The van der Waals surface area contributed by atoms with Crippen LogP contribution in [0.15, 0.2) is 48.5 Å². The lowest BCUT2D eigenvalue weighted by Crippen LogP contribution is -2.40. The summed E-state index contributed by atoms with van der Waals surface area (Å²) in [5.41, 5.74) is 5.36. The van der Waals surface area contributed by atoms with Gasteiger partial charge in [0.2, 0.25) is 0 Å². The smallest absolute Gasteiger partial charge is 0.179 e. The maximum Gasteiger partial charge on any atom is 0.179 e. The molecule has 2 heterocycles. The van der Waals surface area contributed by atoms with Crippen molar-refractivity contribution < 1.29 is 4.79 Å². The number of Topliss-reactive ketones (excluding diaryl/α,β-unsaturated/α-hetero) is 1. The van der Waals surface area contributed by atoms with E-state index in [9.17, 15) is 4.79 Å². The highest BCUT2D eigenvalue weighted by Gasteiger charge is 2.13. The standard InChI is InChI=1S/C24H29N3O/c1-17-4-6-18(7-5-17)19-8-9-20-16-23(27-22(20)15-19)24(28)3-2-12-26-21-10-13-25-14-11-21/h4-9,15-16,21,25-27H,2-3,10-14H2,1H3. The summed E-state index contributed by atoms with van der Waals surface area (Å²) in [5.74, 6) is 0.195. The third-order valence-corrected chi connectivity index (χ3v) is 5.66. The predicted octanol–water partition coefficient (Wildman–Crippen LogP) is 4.45. The van der Waals surface area contributed by atoms with Gasteiger partial charge in [-0.05, 0) is 69.1 Å². The van der Waals surface area contributed by atoms with Crippen LogP contribution in [0.5, 0.6) is 0 Å². The van der Waals surface area contributed by atoms with Crippen molar-refractivity contribution in [3.63, 3.8) is 0 Å². The van der Waals surface area contributed by atoms with Gasteiger partial charge in [0.05, 0.1) is 5.69 Å². The van der Waals surface area contributed by atoms with Crippen molar-refractivity contribution in [1.82, 2.24) is 15.6 Å². The minimum atomic E-state index is 0.195. The second-order valence-electron chi connectivity index (χ2n) is 7.86. The fourth-order valence-electron chi connectivity index (χ4n) is 3.92. The van der Waals surface area contributed by atoms with E-state index in [0.29, 0.717) is 12.5 Å². The molecule has 2 aromatic carbocycles. The van der Waals surface area contributed by atoms with Crippen molar-refractivity contribution in [2.75, 3.05) is 19.6 Å². The number of rotatable bonds is 7. The van der Waals surface area contributed by atoms with Gasteiger partial charge in [0, 0.05) is 23.4 Å². The second kappa shape index (κ2) is 8.72. The molecule has 1 aromatic heterocycles. The molecular weight excluding hydrogens is 346 g/mol. The monoisotopic (exact) mass is 375 g/mol. The quantitative estimate of drug-likeness (QED) is 0.422. The topological polar surface area (TPSA) is 56.9 Å². The van der Waals surface area contributed by atoms with Crippen molar-refractivity contribution in [1.29, 1.82) is 0 Å². The molecule has 0 amide bonds. The summed E-state index contributed by atoms with van der Waals surface area (Å²) >= 11 is 0. The Morgan fingerprint density at radius 2 is 1.79 bits per heavy atom. The van der Waals surface area contributed by atoms with E-state index < -0.39 is 0 Å². The number of nitrogens with one attached hydrogen (secondary N) is 3. The molecule has 1 fully saturated rings. The lowest BCUT2D eigenvalue weighted by Gasteiger charge is -2.23. The van der Waals surface area contributed by atoms with Crippen LogP contribution in [0.25, 0.3) is 22.0 Å². The molecule has 4 nitrogen and oxygen atoms in total. The first-order valence-corrected chi connectivity index (χ1v) is 10.4. The Morgan fingerprint density at radius 3 is 2.57 bits per heavy atom. The van der Waals surface area contributed by atoms with Crippen molar-refractivity contribution in [2.24, 2.45) is 0 Å². The highest BCUT2D eigenvalue weighted by molar-refractivity contribution is 6.00. The van der Waals surface area contributed by atoms with Crippen LogP contribution >= 0.6 is 0 Å². The van der Waals surface area contributed by atoms with Crippen molar-refractivity contribution >= 4 is 16.7 Å². The summed E-state index contributed by atoms with van der Waals surface area (Å²) in [6.07, 6.45) is 3.82. The Kier molecular flexibility index (Phi) is 5.89. The Labute approximate surface area is 166 Å². The number of fused-ring (bicyclic) bond motifs is 1. The number of hydrogen-bond acceptors (Lipinski definition) is 3. The number of benzene rings is 2. The zero-order valence-corrected chi connectivity index (χ0v) is 16.6. The molecule has 0 unspecified atom stereocenters. The van der Waals surface area contributed by atoms with Gasteiger partial charge in [0.15, 0.2) is 5.78 Å². The summed E-state index contributed by atoms with van der Waals surface area (Å²) in [5, 5.41) is 8.05. The number of ketones is 1. The van der Waals surface area contributed by atoms with Crippen LogP contribution in [0.3, 0.4) is 0 Å². The van der Waals surface area contributed by atoms with E-state index in [1.54, 1.807) is 0 Å². The van der Waals surface area contributed by atoms with Crippen molar-refractivity contribution in [2.45, 2.75) is 38.6 Å². The Hall–Kier alpha value is -2.43. The largest absolute Gasteiger partial charge is 0.352 e. The van der Waals surface area contributed by atoms with Crippen LogP contribution in [-0.2, 0) is 0 Å². The molecule has 0 spiro atoms. The molecule has 28 heavy (non-hydrogen) atoms. The highest BCUT2D eigenvalue weighted by Crippen LogP contribution is 2.25. The minimum Gasteiger partial charge on any atom is -0.352 e. The zero-order chi connectivity index (χ0) is 19.3. The Bertz CT molecular complexity index is 936. The maximum atomic E-state index is 12.6. The first-order chi connectivity index (χ1) is 13.7. The lowest BCUT2D eigenvalue weighted by molar-refractivity contribution is 0.0975. The van der Waals surface area contributed by atoms with Crippen LogP contribution in [0.2, 0.25) is 0 Å². The molecule has 3 N–H and O–H groups in total.